The van der Waals surface area contributed by atoms with E-state index in [0.717, 1.165) is 41.2 Å². The van der Waals surface area contributed by atoms with E-state index < -0.39 is 5.91 Å². The van der Waals surface area contributed by atoms with Crippen LogP contribution in [0.4, 0.5) is 0 Å². The summed E-state index contributed by atoms with van der Waals surface area (Å²) in [6.07, 6.45) is 7.24. The molecule has 4 atom stereocenters. The monoisotopic (exact) mass is 390 g/mol. The van der Waals surface area contributed by atoms with Crippen LogP contribution in [0.25, 0.3) is 0 Å². The molecule has 27 heavy (non-hydrogen) atoms. The van der Waals surface area contributed by atoms with Gasteiger partial charge < -0.3 is 20.5 Å². The molecule has 1 aromatic carbocycles. The third-order valence-corrected chi connectivity index (χ3v) is 8.14. The summed E-state index contributed by atoms with van der Waals surface area (Å²) in [4.78, 5) is 11.0. The molecule has 5 nitrogen and oxygen atoms in total. The highest BCUT2D eigenvalue weighted by Gasteiger charge is 2.68. The Morgan fingerprint density at radius 1 is 1.26 bits per heavy atom. The molecule has 0 saturated heterocycles. The lowest BCUT2D eigenvalue weighted by Crippen LogP contribution is -2.44. The topological polar surface area (TPSA) is 73.6 Å². The second kappa shape index (κ2) is 6.28. The van der Waals surface area contributed by atoms with Gasteiger partial charge in [0.1, 0.15) is 0 Å². The first-order valence-corrected chi connectivity index (χ1v) is 10.4. The maximum atomic E-state index is 11.0. The Labute approximate surface area is 164 Å². The van der Waals surface area contributed by atoms with Gasteiger partial charge in [0.05, 0.1) is 12.1 Å². The minimum atomic E-state index is -0.543. The van der Waals surface area contributed by atoms with Crippen LogP contribution in [-0.2, 0) is 11.3 Å². The van der Waals surface area contributed by atoms with E-state index in [1.165, 1.54) is 32.1 Å². The average Bonchev–Trinajstić information content (AvgIpc) is 3.00. The summed E-state index contributed by atoms with van der Waals surface area (Å²) in [6.45, 7) is 0.551. The van der Waals surface area contributed by atoms with Crippen molar-refractivity contribution in [2.75, 3.05) is 13.7 Å². The van der Waals surface area contributed by atoms with Gasteiger partial charge in [-0.1, -0.05) is 11.6 Å². The van der Waals surface area contributed by atoms with Crippen LogP contribution in [0, 0.1) is 29.1 Å². The van der Waals surface area contributed by atoms with E-state index in [1.807, 2.05) is 12.1 Å². The summed E-state index contributed by atoms with van der Waals surface area (Å²) in [6, 6.07) is 4.45. The zero-order chi connectivity index (χ0) is 18.8. The summed E-state index contributed by atoms with van der Waals surface area (Å²) in [5, 5.41) is 4.29. The zero-order valence-electron chi connectivity index (χ0n) is 15.7. The number of nitrogens with two attached hydrogens (primary N) is 1. The molecule has 0 heterocycles. The molecule has 4 unspecified atom stereocenters. The highest BCUT2D eigenvalue weighted by Crippen LogP contribution is 2.75. The highest BCUT2D eigenvalue weighted by molar-refractivity contribution is 6.32. The number of ether oxygens (including phenoxy) is 2. The van der Waals surface area contributed by atoms with Crippen LogP contribution in [0.15, 0.2) is 12.1 Å². The van der Waals surface area contributed by atoms with Crippen molar-refractivity contribution in [3.8, 4) is 11.5 Å². The van der Waals surface area contributed by atoms with Crippen molar-refractivity contribution in [1.82, 2.24) is 5.32 Å². The van der Waals surface area contributed by atoms with Crippen molar-refractivity contribution >= 4 is 17.5 Å². The molecule has 5 rings (SSSR count). The fourth-order valence-electron chi connectivity index (χ4n) is 6.93. The average molecular weight is 391 g/mol. The van der Waals surface area contributed by atoms with Crippen LogP contribution in [0.2, 0.25) is 5.02 Å². The third-order valence-electron chi connectivity index (χ3n) is 7.86. The molecule has 0 aliphatic heterocycles. The summed E-state index contributed by atoms with van der Waals surface area (Å²) in [5.74, 6) is 4.08. The molecular weight excluding hydrogens is 364 g/mol. The molecule has 4 aliphatic carbocycles. The number of nitrogens with one attached hydrogen (secondary N) is 1. The number of rotatable bonds is 7. The van der Waals surface area contributed by atoms with Crippen LogP contribution in [0.1, 0.15) is 37.7 Å². The summed E-state index contributed by atoms with van der Waals surface area (Å²) in [5.41, 5.74) is 6.98. The van der Waals surface area contributed by atoms with E-state index in [0.29, 0.717) is 22.6 Å². The predicted molar refractivity (Wildman–Crippen MR) is 103 cm³/mol. The first-order chi connectivity index (χ1) is 13.0. The molecule has 4 fully saturated rings. The van der Waals surface area contributed by atoms with Gasteiger partial charge in [-0.2, -0.15) is 0 Å². The summed E-state index contributed by atoms with van der Waals surface area (Å²) >= 11 is 6.38. The Morgan fingerprint density at radius 3 is 2.59 bits per heavy atom. The molecule has 3 bridgehead atoms. The van der Waals surface area contributed by atoms with Gasteiger partial charge in [-0.15, -0.1) is 0 Å². The number of primary amides is 1. The van der Waals surface area contributed by atoms with Gasteiger partial charge in [-0.05, 0) is 78.9 Å². The standard InChI is InChI=1S/C21H27ClN2O3/c1-26-17-3-11(2-16(22)20(17)27-10-18(23)25)9-24-19-12-4-14-6-15-5-13(19)8-21(14,15)7-12/h2-3,12-15,19,24H,4-10H2,1H3,(H2,23,25). The van der Waals surface area contributed by atoms with E-state index >= 15 is 0 Å². The van der Waals surface area contributed by atoms with Crippen molar-refractivity contribution in [1.29, 1.82) is 0 Å². The van der Waals surface area contributed by atoms with Crippen LogP contribution in [-0.4, -0.2) is 25.7 Å². The Bertz CT molecular complexity index is 759. The van der Waals surface area contributed by atoms with Crippen LogP contribution < -0.4 is 20.5 Å². The molecule has 4 saturated carbocycles. The fourth-order valence-corrected chi connectivity index (χ4v) is 7.22. The number of halogens is 1. The van der Waals surface area contributed by atoms with Crippen molar-refractivity contribution in [3.05, 3.63) is 22.7 Å². The van der Waals surface area contributed by atoms with Crippen LogP contribution in [0.5, 0.6) is 11.5 Å². The number of amides is 1. The summed E-state index contributed by atoms with van der Waals surface area (Å²) < 4.78 is 10.8. The van der Waals surface area contributed by atoms with E-state index in [1.54, 1.807) is 7.11 Å². The van der Waals surface area contributed by atoms with E-state index in [9.17, 15) is 4.79 Å². The maximum absolute atomic E-state index is 11.0. The second-order valence-electron chi connectivity index (χ2n) is 9.03. The van der Waals surface area contributed by atoms with Gasteiger partial charge in [-0.3, -0.25) is 4.79 Å². The molecule has 1 aromatic rings. The third kappa shape index (κ3) is 2.65. The van der Waals surface area contributed by atoms with Crippen molar-refractivity contribution < 1.29 is 14.3 Å². The van der Waals surface area contributed by atoms with Gasteiger partial charge in [0.25, 0.3) is 5.91 Å². The molecule has 1 spiro atoms. The van der Waals surface area contributed by atoms with Crippen molar-refractivity contribution in [3.63, 3.8) is 0 Å². The smallest absolute Gasteiger partial charge is 0.255 e. The van der Waals surface area contributed by atoms with Crippen molar-refractivity contribution in [2.45, 2.75) is 44.7 Å². The van der Waals surface area contributed by atoms with Gasteiger partial charge in [0, 0.05) is 12.6 Å². The zero-order valence-corrected chi connectivity index (χ0v) is 16.4. The minimum absolute atomic E-state index is 0.219. The highest BCUT2D eigenvalue weighted by atomic mass is 35.5. The Morgan fingerprint density at radius 2 is 1.96 bits per heavy atom. The number of hydrogen-bond acceptors (Lipinski definition) is 4. The Hall–Kier alpha value is -1.46. The lowest BCUT2D eigenvalue weighted by molar-refractivity contribution is -0.119. The fraction of sp³-hybridized carbons (Fsp3) is 0.667. The SMILES string of the molecule is COc1cc(CNC2C3CC4CC5CC2CC45C3)cc(Cl)c1OCC(N)=O. The first kappa shape index (κ1) is 17.6. The Kier molecular flexibility index (Phi) is 4.10. The van der Waals surface area contributed by atoms with Crippen LogP contribution in [0.3, 0.4) is 0 Å². The minimum Gasteiger partial charge on any atom is -0.493 e. The quantitative estimate of drug-likeness (QED) is 0.750. The van der Waals surface area contributed by atoms with E-state index in [2.05, 4.69) is 5.32 Å². The molecule has 6 heteroatoms. The van der Waals surface area contributed by atoms with Gasteiger partial charge >= 0.3 is 0 Å². The predicted octanol–water partition coefficient (Wildman–Crippen LogP) is 3.13. The summed E-state index contributed by atoms with van der Waals surface area (Å²) in [7, 11) is 1.57. The van der Waals surface area contributed by atoms with Gasteiger partial charge in [0.15, 0.2) is 18.1 Å². The molecule has 1 amide bonds. The maximum Gasteiger partial charge on any atom is 0.255 e. The van der Waals surface area contributed by atoms with Crippen LogP contribution >= 0.6 is 11.6 Å². The number of carbonyl (C=O) groups excluding carboxylic acids is 1. The molecular formula is C21H27ClN2O3. The number of benzene rings is 1. The van der Waals surface area contributed by atoms with Crippen molar-refractivity contribution in [2.24, 2.45) is 34.8 Å². The normalized spacial score (nSPS) is 37.8. The van der Waals surface area contributed by atoms with E-state index in [-0.39, 0.29) is 6.61 Å². The first-order valence-electron chi connectivity index (χ1n) is 10.0. The largest absolute Gasteiger partial charge is 0.493 e. The molecule has 146 valence electrons. The van der Waals surface area contributed by atoms with Gasteiger partial charge in [0.2, 0.25) is 0 Å². The lowest BCUT2D eigenvalue weighted by Gasteiger charge is -2.49. The number of hydrogen-bond donors (Lipinski definition) is 2. The van der Waals surface area contributed by atoms with Gasteiger partial charge in [-0.25, -0.2) is 0 Å². The number of carbonyl (C=O) groups is 1. The number of methoxy groups -OCH3 is 1. The molecule has 0 radical (unpaired) electrons. The second-order valence-corrected chi connectivity index (χ2v) is 9.44. The molecule has 0 aromatic heterocycles. The Balaban J connectivity index is 1.29. The molecule has 4 aliphatic rings. The lowest BCUT2D eigenvalue weighted by atomic mass is 9.56. The number of fused-ring (bicyclic) bond motifs is 2. The molecule has 3 N–H and O–H groups in total. The van der Waals surface area contributed by atoms with E-state index in [4.69, 9.17) is 26.8 Å².